The molecule has 0 aromatic heterocycles. The molecule has 21 heavy (non-hydrogen) atoms. The van der Waals surface area contributed by atoms with Crippen molar-refractivity contribution < 1.29 is 8.42 Å². The van der Waals surface area contributed by atoms with Crippen LogP contribution >= 0.6 is 0 Å². The van der Waals surface area contributed by atoms with Gasteiger partial charge >= 0.3 is 0 Å². The molecule has 0 aliphatic carbocycles. The third-order valence-corrected chi connectivity index (χ3v) is 4.78. The summed E-state index contributed by atoms with van der Waals surface area (Å²) in [5.41, 5.74) is 3.07. The quantitative estimate of drug-likeness (QED) is 0.890. The highest BCUT2D eigenvalue weighted by Crippen LogP contribution is 2.14. The fraction of sp³-hybridized carbons (Fsp3) is 0.294. The minimum absolute atomic E-state index is 0.0226. The van der Waals surface area contributed by atoms with Gasteiger partial charge < -0.3 is 0 Å². The molecule has 2 rings (SSSR count). The van der Waals surface area contributed by atoms with Crippen LogP contribution in [0.15, 0.2) is 54.6 Å². The van der Waals surface area contributed by atoms with E-state index in [2.05, 4.69) is 4.72 Å². The molecule has 0 aliphatic rings. The number of nitrogens with one attached hydrogen (secondary N) is 1. The van der Waals surface area contributed by atoms with Gasteiger partial charge in [-0.3, -0.25) is 0 Å². The molecule has 0 amide bonds. The maximum absolute atomic E-state index is 12.1. The average Bonchev–Trinajstić information content (AvgIpc) is 2.48. The van der Waals surface area contributed by atoms with Gasteiger partial charge in [-0.1, -0.05) is 67.1 Å². The molecule has 0 saturated carbocycles. The molecule has 0 heterocycles. The Labute approximate surface area is 127 Å². The van der Waals surface area contributed by atoms with Crippen LogP contribution in [-0.4, -0.2) is 15.0 Å². The molecule has 0 spiro atoms. The zero-order valence-corrected chi connectivity index (χ0v) is 13.2. The van der Waals surface area contributed by atoms with Crippen molar-refractivity contribution in [3.8, 4) is 0 Å². The van der Waals surface area contributed by atoms with Gasteiger partial charge in [0.1, 0.15) is 0 Å². The van der Waals surface area contributed by atoms with Gasteiger partial charge in [-0.15, -0.1) is 0 Å². The van der Waals surface area contributed by atoms with E-state index in [9.17, 15) is 8.42 Å². The van der Waals surface area contributed by atoms with E-state index in [0.29, 0.717) is 6.54 Å². The predicted molar refractivity (Wildman–Crippen MR) is 86.7 cm³/mol. The van der Waals surface area contributed by atoms with Crippen molar-refractivity contribution in [2.75, 3.05) is 6.54 Å². The summed E-state index contributed by atoms with van der Waals surface area (Å²) in [5.74, 6) is 0.174. The van der Waals surface area contributed by atoms with Crippen LogP contribution in [0.25, 0.3) is 0 Å². The Morgan fingerprint density at radius 2 is 1.62 bits per heavy atom. The van der Waals surface area contributed by atoms with Crippen LogP contribution in [0.3, 0.4) is 0 Å². The van der Waals surface area contributed by atoms with Gasteiger partial charge in [-0.25, -0.2) is 13.1 Å². The molecule has 0 bridgehead atoms. The molecule has 0 aliphatic heterocycles. The lowest BCUT2D eigenvalue weighted by Gasteiger charge is -2.13. The molecule has 0 saturated heterocycles. The molecule has 1 atom stereocenters. The summed E-state index contributed by atoms with van der Waals surface area (Å²) in [4.78, 5) is 0. The number of benzene rings is 2. The van der Waals surface area contributed by atoms with E-state index in [1.54, 1.807) is 0 Å². The van der Waals surface area contributed by atoms with Crippen molar-refractivity contribution in [3.05, 3.63) is 71.3 Å². The molecule has 2 aromatic rings. The molecule has 0 unspecified atom stereocenters. The molecule has 0 fully saturated rings. The number of hydrogen-bond acceptors (Lipinski definition) is 2. The van der Waals surface area contributed by atoms with Gasteiger partial charge in [0.2, 0.25) is 10.0 Å². The normalized spacial score (nSPS) is 13.0. The summed E-state index contributed by atoms with van der Waals surface area (Å²) in [5, 5.41) is 0. The van der Waals surface area contributed by atoms with Crippen LogP contribution in [0.5, 0.6) is 0 Å². The first-order valence-corrected chi connectivity index (χ1v) is 8.69. The molecular weight excluding hydrogens is 282 g/mol. The molecular formula is C17H21NO2S. The fourth-order valence-electron chi connectivity index (χ4n) is 2.11. The van der Waals surface area contributed by atoms with Gasteiger partial charge in [-0.2, -0.15) is 0 Å². The Kier molecular flexibility index (Phi) is 5.15. The standard InChI is InChI=1S/C17H21NO2S/c1-14-8-10-16(11-9-14)13-21(19,20)18-12-15(2)17-6-4-3-5-7-17/h3-11,15,18H,12-13H2,1-2H3/t15-/m1/s1. The number of hydrogen-bond donors (Lipinski definition) is 1. The maximum Gasteiger partial charge on any atom is 0.215 e. The Balaban J connectivity index is 1.94. The van der Waals surface area contributed by atoms with E-state index < -0.39 is 10.0 Å². The summed E-state index contributed by atoms with van der Waals surface area (Å²) < 4.78 is 26.9. The largest absolute Gasteiger partial charge is 0.215 e. The van der Waals surface area contributed by atoms with Crippen molar-refractivity contribution in [2.24, 2.45) is 0 Å². The topological polar surface area (TPSA) is 46.2 Å². The summed E-state index contributed by atoms with van der Waals surface area (Å²) in [6.07, 6.45) is 0. The Hall–Kier alpha value is -1.65. The van der Waals surface area contributed by atoms with E-state index in [1.165, 1.54) is 0 Å². The Morgan fingerprint density at radius 3 is 2.24 bits per heavy atom. The van der Waals surface area contributed by atoms with Crippen LogP contribution in [0.1, 0.15) is 29.5 Å². The zero-order chi connectivity index (χ0) is 15.3. The molecule has 1 N–H and O–H groups in total. The molecule has 4 heteroatoms. The third-order valence-electron chi connectivity index (χ3n) is 3.46. The summed E-state index contributed by atoms with van der Waals surface area (Å²) in [7, 11) is -3.30. The smallest absolute Gasteiger partial charge is 0.214 e. The lowest BCUT2D eigenvalue weighted by molar-refractivity contribution is 0.574. The molecule has 2 aromatic carbocycles. The van der Waals surface area contributed by atoms with Crippen molar-refractivity contribution in [2.45, 2.75) is 25.5 Å². The summed E-state index contributed by atoms with van der Waals surface area (Å²) in [6.45, 7) is 4.42. The minimum Gasteiger partial charge on any atom is -0.214 e. The number of sulfonamides is 1. The first-order valence-electron chi connectivity index (χ1n) is 7.04. The molecule has 112 valence electrons. The Morgan fingerprint density at radius 1 is 1.00 bits per heavy atom. The first kappa shape index (κ1) is 15.7. The van der Waals surface area contributed by atoms with E-state index in [4.69, 9.17) is 0 Å². The summed E-state index contributed by atoms with van der Waals surface area (Å²) >= 11 is 0. The second-order valence-corrected chi connectivity index (χ2v) is 7.21. The van der Waals surface area contributed by atoms with Crippen LogP contribution in [0, 0.1) is 6.92 Å². The van der Waals surface area contributed by atoms with Crippen molar-refractivity contribution in [1.29, 1.82) is 0 Å². The van der Waals surface area contributed by atoms with Gasteiger partial charge in [0.25, 0.3) is 0 Å². The van der Waals surface area contributed by atoms with Gasteiger partial charge in [0, 0.05) is 6.54 Å². The van der Waals surface area contributed by atoms with Crippen LogP contribution in [0.4, 0.5) is 0 Å². The fourth-order valence-corrected chi connectivity index (χ4v) is 3.34. The van der Waals surface area contributed by atoms with Crippen LogP contribution < -0.4 is 4.72 Å². The highest BCUT2D eigenvalue weighted by atomic mass is 32.2. The van der Waals surface area contributed by atoms with E-state index >= 15 is 0 Å². The van der Waals surface area contributed by atoms with Gasteiger partial charge in [0.05, 0.1) is 5.75 Å². The Bertz CT molecular complexity index is 664. The number of rotatable bonds is 6. The second-order valence-electron chi connectivity index (χ2n) is 5.40. The highest BCUT2D eigenvalue weighted by molar-refractivity contribution is 7.88. The molecule has 0 radical (unpaired) electrons. The van der Waals surface area contributed by atoms with Crippen LogP contribution in [-0.2, 0) is 15.8 Å². The van der Waals surface area contributed by atoms with Gasteiger partial charge in [-0.05, 0) is 24.0 Å². The molecule has 3 nitrogen and oxygen atoms in total. The van der Waals surface area contributed by atoms with Crippen LogP contribution in [0.2, 0.25) is 0 Å². The minimum atomic E-state index is -3.30. The SMILES string of the molecule is Cc1ccc(CS(=O)(=O)NC[C@@H](C)c2ccccc2)cc1. The van der Waals surface area contributed by atoms with E-state index in [-0.39, 0.29) is 11.7 Å². The predicted octanol–water partition coefficient (Wildman–Crippen LogP) is 3.22. The summed E-state index contributed by atoms with van der Waals surface area (Å²) in [6, 6.07) is 17.5. The average molecular weight is 303 g/mol. The van der Waals surface area contributed by atoms with E-state index in [1.807, 2.05) is 68.4 Å². The highest BCUT2D eigenvalue weighted by Gasteiger charge is 2.13. The monoisotopic (exact) mass is 303 g/mol. The van der Waals surface area contributed by atoms with Gasteiger partial charge in [0.15, 0.2) is 0 Å². The lowest BCUT2D eigenvalue weighted by atomic mass is 10.0. The third kappa shape index (κ3) is 4.99. The second kappa shape index (κ2) is 6.87. The van der Waals surface area contributed by atoms with Crippen molar-refractivity contribution in [1.82, 2.24) is 4.72 Å². The van der Waals surface area contributed by atoms with Crippen molar-refractivity contribution >= 4 is 10.0 Å². The van der Waals surface area contributed by atoms with Crippen molar-refractivity contribution in [3.63, 3.8) is 0 Å². The zero-order valence-electron chi connectivity index (χ0n) is 12.4. The number of aryl methyl sites for hydroxylation is 1. The maximum atomic E-state index is 12.1. The van der Waals surface area contributed by atoms with E-state index in [0.717, 1.165) is 16.7 Å². The first-order chi connectivity index (χ1) is 9.96. The lowest BCUT2D eigenvalue weighted by Crippen LogP contribution is -2.28.